The zero-order valence-electron chi connectivity index (χ0n) is 12.3. The van der Waals surface area contributed by atoms with Gasteiger partial charge in [0.15, 0.2) is 5.82 Å². The largest absolute Gasteiger partial charge is 0.343 e. The number of nitrogens with one attached hydrogen (secondary N) is 1. The van der Waals surface area contributed by atoms with Crippen molar-refractivity contribution < 1.29 is 9.32 Å². The Kier molecular flexibility index (Phi) is 3.80. The van der Waals surface area contributed by atoms with Gasteiger partial charge in [-0.05, 0) is 31.9 Å². The lowest BCUT2D eigenvalue weighted by Gasteiger charge is -2.34. The van der Waals surface area contributed by atoms with Crippen LogP contribution in [0.1, 0.15) is 49.7 Å². The minimum atomic E-state index is -0.460. The lowest BCUT2D eigenvalue weighted by molar-refractivity contribution is -0.121. The number of aryl methyl sites for hydroxylation is 1. The van der Waals surface area contributed by atoms with E-state index in [1.807, 2.05) is 19.1 Å². The fourth-order valence-corrected chi connectivity index (χ4v) is 3.75. The molecular weight excluding hydrogens is 286 g/mol. The molecule has 0 bridgehead atoms. The fraction of sp³-hybridized carbons (Fsp3) is 0.533. The summed E-state index contributed by atoms with van der Waals surface area (Å²) in [6, 6.07) is 4.03. The van der Waals surface area contributed by atoms with Crippen LogP contribution in [-0.2, 0) is 10.3 Å². The quantitative estimate of drug-likeness (QED) is 0.943. The predicted molar refractivity (Wildman–Crippen MR) is 80.9 cm³/mol. The zero-order valence-corrected chi connectivity index (χ0v) is 13.1. The van der Waals surface area contributed by atoms with E-state index < -0.39 is 5.54 Å². The van der Waals surface area contributed by atoms with Crippen molar-refractivity contribution in [3.8, 4) is 10.8 Å². The summed E-state index contributed by atoms with van der Waals surface area (Å²) >= 11 is 1.63. The Hall–Kier alpha value is -1.69. The maximum absolute atomic E-state index is 11.6. The van der Waals surface area contributed by atoms with Gasteiger partial charge < -0.3 is 9.84 Å². The Balaban J connectivity index is 1.93. The summed E-state index contributed by atoms with van der Waals surface area (Å²) in [5, 5.41) is 7.22. The lowest BCUT2D eigenvalue weighted by atomic mass is 9.81. The number of hydrogen-bond acceptors (Lipinski definition) is 5. The normalized spacial score (nSPS) is 17.6. The number of amides is 1. The van der Waals surface area contributed by atoms with Crippen molar-refractivity contribution in [3.63, 3.8) is 0 Å². The smallest absolute Gasteiger partial charge is 0.268 e. The number of carbonyl (C=O) groups is 1. The molecular formula is C15H19N3O2S. The molecule has 0 unspecified atom stereocenters. The van der Waals surface area contributed by atoms with Crippen LogP contribution in [0.25, 0.3) is 10.8 Å². The molecule has 0 aliphatic heterocycles. The summed E-state index contributed by atoms with van der Waals surface area (Å²) in [4.78, 5) is 18.3. The van der Waals surface area contributed by atoms with Gasteiger partial charge in [-0.1, -0.05) is 24.4 Å². The van der Waals surface area contributed by atoms with E-state index >= 15 is 0 Å². The molecule has 1 N–H and O–H groups in total. The fourth-order valence-electron chi connectivity index (χ4n) is 2.96. The second-order valence-corrected chi connectivity index (χ2v) is 6.95. The number of aromatic nitrogens is 2. The molecule has 112 valence electrons. The highest BCUT2D eigenvalue weighted by Gasteiger charge is 2.39. The molecule has 1 aliphatic rings. The second kappa shape index (κ2) is 5.60. The van der Waals surface area contributed by atoms with Crippen molar-refractivity contribution in [3.05, 3.63) is 22.8 Å². The van der Waals surface area contributed by atoms with Gasteiger partial charge in [0.1, 0.15) is 5.54 Å². The van der Waals surface area contributed by atoms with Crippen molar-refractivity contribution in [2.24, 2.45) is 0 Å². The maximum Gasteiger partial charge on any atom is 0.268 e. The van der Waals surface area contributed by atoms with E-state index in [0.29, 0.717) is 11.7 Å². The van der Waals surface area contributed by atoms with Crippen LogP contribution in [0.3, 0.4) is 0 Å². The van der Waals surface area contributed by atoms with E-state index in [0.717, 1.165) is 30.6 Å². The van der Waals surface area contributed by atoms with E-state index in [4.69, 9.17) is 4.52 Å². The average molecular weight is 305 g/mol. The lowest BCUT2D eigenvalue weighted by Crippen LogP contribution is -2.47. The molecule has 1 aliphatic carbocycles. The minimum Gasteiger partial charge on any atom is -0.343 e. The molecule has 6 heteroatoms. The third-order valence-corrected chi connectivity index (χ3v) is 4.92. The number of nitrogens with zero attached hydrogens (tertiary/aromatic N) is 2. The third kappa shape index (κ3) is 2.85. The summed E-state index contributed by atoms with van der Waals surface area (Å²) in [5.41, 5.74) is -0.460. The van der Waals surface area contributed by atoms with Gasteiger partial charge in [-0.3, -0.25) is 4.79 Å². The van der Waals surface area contributed by atoms with Crippen LogP contribution in [-0.4, -0.2) is 16.0 Å². The number of thiophene rings is 1. The van der Waals surface area contributed by atoms with Gasteiger partial charge >= 0.3 is 0 Å². The SMILES string of the molecule is CC(=O)NC1(c2noc(-c3ccc(C)s3)n2)CCCCC1. The summed E-state index contributed by atoms with van der Waals surface area (Å²) < 4.78 is 5.42. The van der Waals surface area contributed by atoms with Crippen molar-refractivity contribution in [1.29, 1.82) is 0 Å². The van der Waals surface area contributed by atoms with Crippen LogP contribution in [0.15, 0.2) is 16.7 Å². The second-order valence-electron chi connectivity index (χ2n) is 5.66. The molecule has 2 heterocycles. The topological polar surface area (TPSA) is 68.0 Å². The monoisotopic (exact) mass is 305 g/mol. The highest BCUT2D eigenvalue weighted by Crippen LogP contribution is 2.37. The van der Waals surface area contributed by atoms with Gasteiger partial charge in [0, 0.05) is 11.8 Å². The highest BCUT2D eigenvalue weighted by atomic mass is 32.1. The minimum absolute atomic E-state index is 0.0461. The molecule has 1 saturated carbocycles. The molecule has 21 heavy (non-hydrogen) atoms. The third-order valence-electron chi connectivity index (χ3n) is 3.93. The van der Waals surface area contributed by atoms with E-state index in [1.54, 1.807) is 18.3 Å². The van der Waals surface area contributed by atoms with Crippen molar-refractivity contribution >= 4 is 17.2 Å². The molecule has 0 saturated heterocycles. The van der Waals surface area contributed by atoms with Crippen molar-refractivity contribution in [1.82, 2.24) is 15.5 Å². The van der Waals surface area contributed by atoms with Crippen LogP contribution < -0.4 is 5.32 Å². The Bertz CT molecular complexity index is 641. The van der Waals surface area contributed by atoms with E-state index in [-0.39, 0.29) is 5.91 Å². The van der Waals surface area contributed by atoms with Gasteiger partial charge in [-0.15, -0.1) is 11.3 Å². The van der Waals surface area contributed by atoms with Gasteiger partial charge in [0.05, 0.1) is 4.88 Å². The molecule has 0 aromatic carbocycles. The first-order chi connectivity index (χ1) is 10.1. The van der Waals surface area contributed by atoms with Crippen molar-refractivity contribution in [2.75, 3.05) is 0 Å². The van der Waals surface area contributed by atoms with Gasteiger partial charge in [0.25, 0.3) is 5.89 Å². The number of rotatable bonds is 3. The maximum atomic E-state index is 11.6. The Morgan fingerprint density at radius 2 is 2.10 bits per heavy atom. The summed E-state index contributed by atoms with van der Waals surface area (Å²) in [6.07, 6.45) is 5.07. The number of carbonyl (C=O) groups excluding carboxylic acids is 1. The van der Waals surface area contributed by atoms with Gasteiger partial charge in [0.2, 0.25) is 5.91 Å². The Morgan fingerprint density at radius 1 is 1.33 bits per heavy atom. The molecule has 0 radical (unpaired) electrons. The van der Waals surface area contributed by atoms with Crippen LogP contribution in [0.5, 0.6) is 0 Å². The summed E-state index contributed by atoms with van der Waals surface area (Å²) in [5.74, 6) is 1.10. The van der Waals surface area contributed by atoms with Crippen LogP contribution >= 0.6 is 11.3 Å². The molecule has 2 aromatic rings. The molecule has 0 atom stereocenters. The van der Waals surface area contributed by atoms with Crippen LogP contribution in [0.4, 0.5) is 0 Å². The summed E-state index contributed by atoms with van der Waals surface area (Å²) in [6.45, 7) is 3.59. The van der Waals surface area contributed by atoms with Gasteiger partial charge in [-0.2, -0.15) is 4.98 Å². The molecule has 0 spiro atoms. The number of hydrogen-bond donors (Lipinski definition) is 1. The molecule has 1 amide bonds. The average Bonchev–Trinajstić information content (AvgIpc) is 3.07. The molecule has 5 nitrogen and oxygen atoms in total. The van der Waals surface area contributed by atoms with E-state index in [2.05, 4.69) is 15.5 Å². The van der Waals surface area contributed by atoms with E-state index in [1.165, 1.54) is 11.3 Å². The van der Waals surface area contributed by atoms with Crippen LogP contribution in [0, 0.1) is 6.92 Å². The van der Waals surface area contributed by atoms with Gasteiger partial charge in [-0.25, -0.2) is 0 Å². The zero-order chi connectivity index (χ0) is 14.9. The summed E-state index contributed by atoms with van der Waals surface area (Å²) in [7, 11) is 0. The Labute approximate surface area is 127 Å². The highest BCUT2D eigenvalue weighted by molar-refractivity contribution is 7.15. The van der Waals surface area contributed by atoms with Crippen LogP contribution in [0.2, 0.25) is 0 Å². The molecule has 1 fully saturated rings. The molecule has 2 aromatic heterocycles. The standard InChI is InChI=1S/C15H19N3O2S/c1-10-6-7-12(21-10)13-16-14(18-20-13)15(17-11(2)19)8-4-3-5-9-15/h6-7H,3-5,8-9H2,1-2H3,(H,17,19). The Morgan fingerprint density at radius 3 is 2.71 bits per heavy atom. The first-order valence-corrected chi connectivity index (χ1v) is 8.10. The predicted octanol–water partition coefficient (Wildman–Crippen LogP) is 3.40. The van der Waals surface area contributed by atoms with E-state index in [9.17, 15) is 4.79 Å². The first kappa shape index (κ1) is 14.3. The van der Waals surface area contributed by atoms with Crippen molar-refractivity contribution in [2.45, 2.75) is 51.5 Å². The first-order valence-electron chi connectivity index (χ1n) is 7.29. The molecule has 3 rings (SSSR count).